The van der Waals surface area contributed by atoms with E-state index in [1.165, 1.54) is 24.0 Å². The number of amides is 1. The maximum atomic E-state index is 11.7. The van der Waals surface area contributed by atoms with E-state index < -0.39 is 5.54 Å². The Morgan fingerprint density at radius 3 is 2.71 bits per heavy atom. The number of ether oxygens (including phenoxy) is 1. The average Bonchev–Trinajstić information content (AvgIpc) is 3.28. The fourth-order valence-corrected chi connectivity index (χ4v) is 2.89. The lowest BCUT2D eigenvalue weighted by Crippen LogP contribution is -2.57. The Balaban J connectivity index is 1.66. The summed E-state index contributed by atoms with van der Waals surface area (Å²) >= 11 is 0. The van der Waals surface area contributed by atoms with Gasteiger partial charge in [0, 0.05) is 6.04 Å². The van der Waals surface area contributed by atoms with Gasteiger partial charge in [-0.1, -0.05) is 6.07 Å². The van der Waals surface area contributed by atoms with Crippen LogP contribution in [0.3, 0.4) is 0 Å². The van der Waals surface area contributed by atoms with E-state index in [4.69, 9.17) is 10.5 Å². The molecule has 4 nitrogen and oxygen atoms in total. The highest BCUT2D eigenvalue weighted by molar-refractivity contribution is 5.84. The summed E-state index contributed by atoms with van der Waals surface area (Å²) < 4.78 is 5.86. The summed E-state index contributed by atoms with van der Waals surface area (Å²) in [6.45, 7) is 2.10. The van der Waals surface area contributed by atoms with E-state index in [9.17, 15) is 4.79 Å². The van der Waals surface area contributed by atoms with Gasteiger partial charge in [0.15, 0.2) is 0 Å². The van der Waals surface area contributed by atoms with Gasteiger partial charge >= 0.3 is 0 Å². The van der Waals surface area contributed by atoms with E-state index in [0.29, 0.717) is 6.04 Å². The lowest BCUT2D eigenvalue weighted by Gasteiger charge is -2.28. The van der Waals surface area contributed by atoms with Crippen molar-refractivity contribution in [3.05, 3.63) is 29.3 Å². The third-order valence-corrected chi connectivity index (χ3v) is 4.49. The van der Waals surface area contributed by atoms with Crippen LogP contribution in [0.15, 0.2) is 18.2 Å². The van der Waals surface area contributed by atoms with Crippen LogP contribution in [-0.2, 0) is 17.6 Å². The van der Waals surface area contributed by atoms with Gasteiger partial charge in [-0.2, -0.15) is 0 Å². The molecule has 1 fully saturated rings. The molecule has 0 heterocycles. The van der Waals surface area contributed by atoms with Crippen molar-refractivity contribution in [2.45, 2.75) is 57.0 Å². The van der Waals surface area contributed by atoms with Crippen LogP contribution in [0.5, 0.6) is 5.75 Å². The van der Waals surface area contributed by atoms with Crippen LogP contribution in [0, 0.1) is 0 Å². The molecule has 2 aliphatic carbocycles. The maximum Gasteiger partial charge on any atom is 0.240 e. The Morgan fingerprint density at radius 2 is 2.05 bits per heavy atom. The summed E-state index contributed by atoms with van der Waals surface area (Å²) in [5.41, 5.74) is 7.56. The van der Waals surface area contributed by atoms with Gasteiger partial charge in [-0.3, -0.25) is 10.1 Å². The van der Waals surface area contributed by atoms with E-state index in [-0.39, 0.29) is 12.5 Å². The van der Waals surface area contributed by atoms with Crippen LogP contribution in [-0.4, -0.2) is 24.1 Å². The highest BCUT2D eigenvalue weighted by Crippen LogP contribution is 2.27. The molecule has 1 saturated carbocycles. The molecule has 1 amide bonds. The van der Waals surface area contributed by atoms with E-state index >= 15 is 0 Å². The smallest absolute Gasteiger partial charge is 0.240 e. The van der Waals surface area contributed by atoms with Crippen LogP contribution in [0.2, 0.25) is 0 Å². The predicted molar refractivity (Wildman–Crippen MR) is 82.3 cm³/mol. The number of hydrogen-bond acceptors (Lipinski definition) is 3. The number of aryl methyl sites for hydroxylation is 2. The molecular weight excluding hydrogens is 264 g/mol. The summed E-state index contributed by atoms with van der Waals surface area (Å²) in [6, 6.07) is 6.68. The molecule has 0 aromatic heterocycles. The van der Waals surface area contributed by atoms with Crippen molar-refractivity contribution in [3.8, 4) is 5.75 Å². The molecule has 2 aliphatic rings. The maximum absolute atomic E-state index is 11.7. The van der Waals surface area contributed by atoms with Gasteiger partial charge < -0.3 is 10.5 Å². The monoisotopic (exact) mass is 288 g/mol. The molecular formula is C17H24N2O2. The fourth-order valence-electron chi connectivity index (χ4n) is 2.89. The number of rotatable bonds is 6. The zero-order chi connectivity index (χ0) is 14.9. The number of nitrogens with one attached hydrogen (secondary N) is 1. The first-order valence-corrected chi connectivity index (χ1v) is 7.89. The molecule has 3 N–H and O–H groups in total. The minimum absolute atomic E-state index is 0.275. The Morgan fingerprint density at radius 1 is 1.33 bits per heavy atom. The Hall–Kier alpha value is -1.55. The Labute approximate surface area is 126 Å². The van der Waals surface area contributed by atoms with Gasteiger partial charge in [0.1, 0.15) is 17.9 Å². The summed E-state index contributed by atoms with van der Waals surface area (Å²) in [7, 11) is 0. The van der Waals surface area contributed by atoms with Crippen molar-refractivity contribution in [3.63, 3.8) is 0 Å². The second-order valence-corrected chi connectivity index (χ2v) is 6.54. The predicted octanol–water partition coefficient (Wildman–Crippen LogP) is 1.94. The lowest BCUT2D eigenvalue weighted by atomic mass is 9.92. The first-order valence-electron chi connectivity index (χ1n) is 7.89. The average molecular weight is 288 g/mol. The molecule has 0 spiro atoms. The topological polar surface area (TPSA) is 64.3 Å². The quantitative estimate of drug-likeness (QED) is 0.841. The number of fused-ring (bicyclic) bond motifs is 1. The van der Waals surface area contributed by atoms with E-state index in [1.54, 1.807) is 0 Å². The van der Waals surface area contributed by atoms with Gasteiger partial charge in [-0.25, -0.2) is 0 Å². The van der Waals surface area contributed by atoms with Crippen LogP contribution in [0.1, 0.15) is 43.7 Å². The van der Waals surface area contributed by atoms with E-state index in [1.807, 2.05) is 13.0 Å². The summed E-state index contributed by atoms with van der Waals surface area (Å²) in [6.07, 6.45) is 7.04. The first-order chi connectivity index (χ1) is 10.1. The summed E-state index contributed by atoms with van der Waals surface area (Å²) in [5, 5.41) is 3.30. The number of carbonyl (C=O) groups excluding carboxylic acids is 1. The van der Waals surface area contributed by atoms with E-state index in [2.05, 4.69) is 17.4 Å². The SMILES string of the molecule is CC(COc1ccc2c(c1)CCCC2)(NC1CC1)C(N)=O. The van der Waals surface area contributed by atoms with Crippen molar-refractivity contribution in [1.29, 1.82) is 0 Å². The van der Waals surface area contributed by atoms with Crippen molar-refractivity contribution in [2.24, 2.45) is 5.73 Å². The number of carbonyl (C=O) groups is 1. The minimum atomic E-state index is -0.795. The second kappa shape index (κ2) is 5.68. The fraction of sp³-hybridized carbons (Fsp3) is 0.588. The summed E-state index contributed by atoms with van der Waals surface area (Å²) in [5.74, 6) is 0.480. The zero-order valence-electron chi connectivity index (χ0n) is 12.7. The molecule has 1 aromatic carbocycles. The molecule has 4 heteroatoms. The van der Waals surface area contributed by atoms with Gasteiger partial charge in [0.2, 0.25) is 5.91 Å². The minimum Gasteiger partial charge on any atom is -0.491 e. The number of primary amides is 1. The van der Waals surface area contributed by atoms with Crippen molar-refractivity contribution in [2.75, 3.05) is 6.61 Å². The molecule has 1 unspecified atom stereocenters. The van der Waals surface area contributed by atoms with Gasteiger partial charge in [0.25, 0.3) is 0 Å². The second-order valence-electron chi connectivity index (χ2n) is 6.54. The third-order valence-electron chi connectivity index (χ3n) is 4.49. The largest absolute Gasteiger partial charge is 0.491 e. The van der Waals surface area contributed by atoms with Crippen LogP contribution < -0.4 is 15.8 Å². The van der Waals surface area contributed by atoms with E-state index in [0.717, 1.165) is 31.4 Å². The highest BCUT2D eigenvalue weighted by atomic mass is 16.5. The van der Waals surface area contributed by atoms with Gasteiger partial charge in [-0.15, -0.1) is 0 Å². The Bertz CT molecular complexity index is 540. The molecule has 1 atom stereocenters. The highest BCUT2D eigenvalue weighted by Gasteiger charge is 2.37. The van der Waals surface area contributed by atoms with Crippen LogP contribution in [0.25, 0.3) is 0 Å². The van der Waals surface area contributed by atoms with Gasteiger partial charge in [-0.05, 0) is 68.7 Å². The third kappa shape index (κ3) is 3.38. The summed E-state index contributed by atoms with van der Waals surface area (Å²) in [4.78, 5) is 11.7. The zero-order valence-corrected chi connectivity index (χ0v) is 12.7. The molecule has 0 saturated heterocycles. The van der Waals surface area contributed by atoms with Crippen LogP contribution >= 0.6 is 0 Å². The molecule has 21 heavy (non-hydrogen) atoms. The lowest BCUT2D eigenvalue weighted by molar-refractivity contribution is -0.125. The molecule has 3 rings (SSSR count). The van der Waals surface area contributed by atoms with Gasteiger partial charge in [0.05, 0.1) is 0 Å². The molecule has 1 aromatic rings. The number of nitrogens with two attached hydrogens (primary N) is 1. The normalized spacial score (nSPS) is 20.4. The van der Waals surface area contributed by atoms with Crippen LogP contribution in [0.4, 0.5) is 0 Å². The van der Waals surface area contributed by atoms with Crippen molar-refractivity contribution in [1.82, 2.24) is 5.32 Å². The first kappa shape index (κ1) is 14.4. The molecule has 0 bridgehead atoms. The van der Waals surface area contributed by atoms with Crippen molar-refractivity contribution >= 4 is 5.91 Å². The number of benzene rings is 1. The van der Waals surface area contributed by atoms with Crippen molar-refractivity contribution < 1.29 is 9.53 Å². The standard InChI is InChI=1S/C17H24N2O2/c1-17(16(18)20,19-14-7-8-14)11-21-15-9-6-12-4-2-3-5-13(12)10-15/h6,9-10,14,19H,2-5,7-8,11H2,1H3,(H2,18,20). The molecule has 0 aliphatic heterocycles. The molecule has 114 valence electrons. The molecule has 0 radical (unpaired) electrons. The Kier molecular flexibility index (Phi) is 3.89. The number of hydrogen-bond donors (Lipinski definition) is 2.